The van der Waals surface area contributed by atoms with Gasteiger partial charge in [0, 0.05) is 24.4 Å². The fourth-order valence-electron chi connectivity index (χ4n) is 3.10. The van der Waals surface area contributed by atoms with Crippen molar-refractivity contribution in [1.82, 2.24) is 5.32 Å². The molecule has 23 heavy (non-hydrogen) atoms. The molecule has 5 heteroatoms. The summed E-state index contributed by atoms with van der Waals surface area (Å²) < 4.78 is 11.4. The number of benzene rings is 1. The molecule has 0 bridgehead atoms. The molecule has 126 valence electrons. The molecule has 1 saturated heterocycles. The molecule has 0 aromatic heterocycles. The van der Waals surface area contributed by atoms with Crippen LogP contribution >= 0.6 is 0 Å². The average molecular weight is 318 g/mol. The van der Waals surface area contributed by atoms with Gasteiger partial charge >= 0.3 is 6.03 Å². The van der Waals surface area contributed by atoms with Crippen LogP contribution in [0.5, 0.6) is 5.75 Å². The van der Waals surface area contributed by atoms with Gasteiger partial charge in [0.15, 0.2) is 0 Å². The summed E-state index contributed by atoms with van der Waals surface area (Å²) in [6.45, 7) is 5.30. The van der Waals surface area contributed by atoms with Crippen LogP contribution in [0.25, 0.3) is 0 Å². The van der Waals surface area contributed by atoms with Gasteiger partial charge < -0.3 is 20.1 Å². The summed E-state index contributed by atoms with van der Waals surface area (Å²) in [7, 11) is 0. The average Bonchev–Trinajstić information content (AvgIpc) is 3.36. The number of nitrogens with one attached hydrogen (secondary N) is 2. The van der Waals surface area contributed by atoms with Gasteiger partial charge in [0.05, 0.1) is 12.7 Å². The number of carbonyl (C=O) groups excluding carboxylic acids is 1. The number of urea groups is 1. The SMILES string of the molecule is CCOc1cc(NC(=O)N[C@H]2CCO[C@@H](C3CC3)C2)ccc1C. The smallest absolute Gasteiger partial charge is 0.319 e. The van der Waals surface area contributed by atoms with Crippen LogP contribution in [0.15, 0.2) is 18.2 Å². The molecule has 2 fully saturated rings. The summed E-state index contributed by atoms with van der Waals surface area (Å²) in [6.07, 6.45) is 4.68. The summed E-state index contributed by atoms with van der Waals surface area (Å²) in [4.78, 5) is 12.2. The van der Waals surface area contributed by atoms with Crippen LogP contribution in [0, 0.1) is 12.8 Å². The van der Waals surface area contributed by atoms with Gasteiger partial charge in [0.25, 0.3) is 0 Å². The van der Waals surface area contributed by atoms with Crippen molar-refractivity contribution in [2.24, 2.45) is 5.92 Å². The Bertz CT molecular complexity index is 557. The van der Waals surface area contributed by atoms with E-state index >= 15 is 0 Å². The minimum absolute atomic E-state index is 0.155. The maximum Gasteiger partial charge on any atom is 0.319 e. The van der Waals surface area contributed by atoms with Gasteiger partial charge in [-0.2, -0.15) is 0 Å². The second-order valence-corrected chi connectivity index (χ2v) is 6.48. The third kappa shape index (κ3) is 4.38. The standard InChI is InChI=1S/C18H26N2O3/c1-3-22-16-10-14(7-4-12(16)2)19-18(21)20-15-8-9-23-17(11-15)13-5-6-13/h4,7,10,13,15,17H,3,5-6,8-9,11H2,1-2H3,(H2,19,20,21)/t15-,17+/m0/s1. The van der Waals surface area contributed by atoms with Gasteiger partial charge in [-0.25, -0.2) is 4.79 Å². The van der Waals surface area contributed by atoms with Gasteiger partial charge in [-0.15, -0.1) is 0 Å². The molecule has 0 unspecified atom stereocenters. The molecule has 0 radical (unpaired) electrons. The first kappa shape index (κ1) is 16.1. The molecule has 1 heterocycles. The lowest BCUT2D eigenvalue weighted by atomic mass is 10.0. The van der Waals surface area contributed by atoms with Crippen LogP contribution < -0.4 is 15.4 Å². The Balaban J connectivity index is 1.53. The van der Waals surface area contributed by atoms with Crippen LogP contribution in [-0.2, 0) is 4.74 Å². The van der Waals surface area contributed by atoms with Gasteiger partial charge in [0.2, 0.25) is 0 Å². The Labute approximate surface area is 137 Å². The number of carbonyl (C=O) groups is 1. The molecule has 1 aliphatic carbocycles. The third-order valence-corrected chi connectivity index (χ3v) is 4.54. The molecular formula is C18H26N2O3. The first-order chi connectivity index (χ1) is 11.2. The zero-order valence-corrected chi connectivity index (χ0v) is 13.9. The van der Waals surface area contributed by atoms with E-state index in [4.69, 9.17) is 9.47 Å². The summed E-state index contributed by atoms with van der Waals surface area (Å²) in [5, 5.41) is 5.98. The second kappa shape index (κ2) is 7.21. The first-order valence-corrected chi connectivity index (χ1v) is 8.58. The summed E-state index contributed by atoms with van der Waals surface area (Å²) in [6, 6.07) is 5.77. The Kier molecular flexibility index (Phi) is 5.06. The minimum Gasteiger partial charge on any atom is -0.494 e. The lowest BCUT2D eigenvalue weighted by molar-refractivity contribution is -0.00889. The lowest BCUT2D eigenvalue weighted by Crippen LogP contribution is -2.44. The van der Waals surface area contributed by atoms with Gasteiger partial charge in [-0.3, -0.25) is 0 Å². The molecule has 1 aromatic rings. The van der Waals surface area contributed by atoms with Gasteiger partial charge in [0.1, 0.15) is 5.75 Å². The Morgan fingerprint density at radius 3 is 2.91 bits per heavy atom. The molecule has 3 rings (SSSR count). The van der Waals surface area contributed by atoms with Gasteiger partial charge in [-0.1, -0.05) is 6.07 Å². The van der Waals surface area contributed by atoms with E-state index in [1.54, 1.807) is 0 Å². The van der Waals surface area contributed by atoms with Crippen molar-refractivity contribution in [2.75, 3.05) is 18.5 Å². The van der Waals surface area contributed by atoms with Crippen LogP contribution in [0.2, 0.25) is 0 Å². The maximum atomic E-state index is 12.2. The molecule has 2 N–H and O–H groups in total. The van der Waals surface area contributed by atoms with E-state index in [9.17, 15) is 4.79 Å². The highest BCUT2D eigenvalue weighted by Gasteiger charge is 2.36. The van der Waals surface area contributed by atoms with E-state index < -0.39 is 0 Å². The van der Waals surface area contributed by atoms with Crippen molar-refractivity contribution in [3.8, 4) is 5.75 Å². The molecule has 1 saturated carbocycles. The van der Waals surface area contributed by atoms with E-state index in [2.05, 4.69) is 10.6 Å². The van der Waals surface area contributed by atoms with Crippen molar-refractivity contribution in [1.29, 1.82) is 0 Å². The topological polar surface area (TPSA) is 59.6 Å². The Morgan fingerprint density at radius 1 is 1.35 bits per heavy atom. The molecule has 1 aromatic carbocycles. The predicted molar refractivity (Wildman–Crippen MR) is 90.0 cm³/mol. The fraction of sp³-hybridized carbons (Fsp3) is 0.611. The van der Waals surface area contributed by atoms with Crippen LogP contribution in [0.3, 0.4) is 0 Å². The summed E-state index contributed by atoms with van der Waals surface area (Å²) >= 11 is 0. The largest absolute Gasteiger partial charge is 0.494 e. The van der Waals surface area contributed by atoms with E-state index in [-0.39, 0.29) is 12.1 Å². The molecule has 1 aliphatic heterocycles. The first-order valence-electron chi connectivity index (χ1n) is 8.58. The Hall–Kier alpha value is -1.75. The zero-order chi connectivity index (χ0) is 16.2. The lowest BCUT2D eigenvalue weighted by Gasteiger charge is -2.30. The zero-order valence-electron chi connectivity index (χ0n) is 13.9. The van der Waals surface area contributed by atoms with Crippen molar-refractivity contribution in [3.63, 3.8) is 0 Å². The monoisotopic (exact) mass is 318 g/mol. The number of amides is 2. The normalized spacial score (nSPS) is 24.1. The quantitative estimate of drug-likeness (QED) is 0.874. The molecule has 2 atom stereocenters. The maximum absolute atomic E-state index is 12.2. The number of hydrogen-bond donors (Lipinski definition) is 2. The number of rotatable bonds is 5. The molecular weight excluding hydrogens is 292 g/mol. The number of ether oxygens (including phenoxy) is 2. The summed E-state index contributed by atoms with van der Waals surface area (Å²) in [5.41, 5.74) is 1.82. The highest BCUT2D eigenvalue weighted by molar-refractivity contribution is 5.89. The number of hydrogen-bond acceptors (Lipinski definition) is 3. The van der Waals surface area contributed by atoms with Crippen molar-refractivity contribution in [3.05, 3.63) is 23.8 Å². The number of anilines is 1. The van der Waals surface area contributed by atoms with Crippen molar-refractivity contribution < 1.29 is 14.3 Å². The molecule has 2 aliphatic rings. The van der Waals surface area contributed by atoms with Crippen LogP contribution in [0.4, 0.5) is 10.5 Å². The van der Waals surface area contributed by atoms with E-state index in [0.717, 1.165) is 36.4 Å². The van der Waals surface area contributed by atoms with Crippen LogP contribution in [0.1, 0.15) is 38.2 Å². The van der Waals surface area contributed by atoms with Gasteiger partial charge in [-0.05, 0) is 57.1 Å². The highest BCUT2D eigenvalue weighted by atomic mass is 16.5. The fourth-order valence-corrected chi connectivity index (χ4v) is 3.10. The summed E-state index contributed by atoms with van der Waals surface area (Å²) in [5.74, 6) is 1.53. The molecule has 2 amide bonds. The van der Waals surface area contributed by atoms with Crippen molar-refractivity contribution in [2.45, 2.75) is 51.7 Å². The number of aryl methyl sites for hydroxylation is 1. The van der Waals surface area contributed by atoms with E-state index in [1.165, 1.54) is 12.8 Å². The molecule has 0 spiro atoms. The van der Waals surface area contributed by atoms with Crippen molar-refractivity contribution >= 4 is 11.7 Å². The second-order valence-electron chi connectivity index (χ2n) is 6.48. The van der Waals surface area contributed by atoms with Crippen LogP contribution in [-0.4, -0.2) is 31.4 Å². The Morgan fingerprint density at radius 2 is 2.17 bits per heavy atom. The highest BCUT2D eigenvalue weighted by Crippen LogP contribution is 2.38. The van der Waals surface area contributed by atoms with E-state index in [0.29, 0.717) is 18.6 Å². The minimum atomic E-state index is -0.155. The third-order valence-electron chi connectivity index (χ3n) is 4.54. The molecule has 5 nitrogen and oxygen atoms in total. The predicted octanol–water partition coefficient (Wildman–Crippen LogP) is 3.47. The van der Waals surface area contributed by atoms with E-state index in [1.807, 2.05) is 32.0 Å².